The second-order valence-corrected chi connectivity index (χ2v) is 18.0. The fourth-order valence-corrected chi connectivity index (χ4v) is 8.92. The van der Waals surface area contributed by atoms with Crippen LogP contribution < -0.4 is 26.6 Å². The molecule has 0 aliphatic carbocycles. The predicted molar refractivity (Wildman–Crippen MR) is 259 cm³/mol. The number of likely N-dealkylation sites (tertiary alicyclic amines) is 2. The minimum absolute atomic E-state index is 0.107. The lowest BCUT2D eigenvalue weighted by Crippen LogP contribution is -2.45. The van der Waals surface area contributed by atoms with Gasteiger partial charge in [-0.05, 0) is 54.9 Å². The second-order valence-electron chi connectivity index (χ2n) is 17.7. The summed E-state index contributed by atoms with van der Waals surface area (Å²) in [6.07, 6.45) is 1.40. The molecule has 3 aliphatic heterocycles. The molecule has 6 rings (SSSR count). The fourth-order valence-electron chi connectivity index (χ4n) is 8.62. The molecule has 3 aliphatic rings. The first-order valence-electron chi connectivity index (χ1n) is 23.3. The van der Waals surface area contributed by atoms with Crippen molar-refractivity contribution in [2.45, 2.75) is 50.6 Å². The number of fused-ring (bicyclic) bond motifs is 1. The quantitative estimate of drug-likeness (QED) is 0.0701. The first-order valence-corrected chi connectivity index (χ1v) is 23.7. The third-order valence-electron chi connectivity index (χ3n) is 12.4. The number of carbonyl (C=O) groups excluding carboxylic acids is 5. The van der Waals surface area contributed by atoms with Gasteiger partial charge in [0.05, 0.1) is 49.0 Å². The van der Waals surface area contributed by atoms with E-state index in [1.807, 2.05) is 39.0 Å². The Morgan fingerprint density at radius 2 is 1.39 bits per heavy atom. The van der Waals surface area contributed by atoms with Crippen molar-refractivity contribution in [3.05, 3.63) is 65.9 Å². The normalized spacial score (nSPS) is 18.0. The van der Waals surface area contributed by atoms with Gasteiger partial charge < -0.3 is 46.6 Å². The largest absolute Gasteiger partial charge is 0.480 e. The number of para-hydroxylation sites is 1. The van der Waals surface area contributed by atoms with E-state index in [4.69, 9.17) is 12.2 Å². The highest BCUT2D eigenvalue weighted by Crippen LogP contribution is 2.32. The van der Waals surface area contributed by atoms with Crippen molar-refractivity contribution < 1.29 is 52.6 Å². The average Bonchev–Trinajstić information content (AvgIpc) is 3.71. The van der Waals surface area contributed by atoms with Gasteiger partial charge >= 0.3 is 11.9 Å². The zero-order valence-electron chi connectivity index (χ0n) is 39.0. The highest BCUT2D eigenvalue weighted by molar-refractivity contribution is 7.80. The molecule has 2 aromatic carbocycles. The van der Waals surface area contributed by atoms with Crippen LogP contribution in [0.5, 0.6) is 0 Å². The molecule has 3 saturated heterocycles. The summed E-state index contributed by atoms with van der Waals surface area (Å²) in [6, 6.07) is 14.4. The molecular formula is C47H58F2N12O9S. The summed E-state index contributed by atoms with van der Waals surface area (Å²) in [7, 11) is 0. The van der Waals surface area contributed by atoms with Crippen LogP contribution in [0.4, 0.5) is 20.2 Å². The molecule has 0 spiro atoms. The average molecular weight is 1010 g/mol. The van der Waals surface area contributed by atoms with Crippen LogP contribution in [0.1, 0.15) is 48.0 Å². The number of rotatable bonds is 18. The zero-order chi connectivity index (χ0) is 51.1. The molecule has 0 bridgehead atoms. The van der Waals surface area contributed by atoms with Crippen LogP contribution in [0.2, 0.25) is 0 Å². The molecule has 7 N–H and O–H groups in total. The highest BCUT2D eigenvalue weighted by Gasteiger charge is 2.47. The maximum absolute atomic E-state index is 13.8. The Balaban J connectivity index is 0.860. The number of nitriles is 1. The Labute approximate surface area is 413 Å². The minimum Gasteiger partial charge on any atom is -0.480 e. The van der Waals surface area contributed by atoms with Crippen molar-refractivity contribution in [1.82, 2.24) is 45.4 Å². The summed E-state index contributed by atoms with van der Waals surface area (Å²) >= 11 is 5.70. The molecule has 71 heavy (non-hydrogen) atoms. The lowest BCUT2D eigenvalue weighted by atomic mass is 9.96. The van der Waals surface area contributed by atoms with Gasteiger partial charge in [-0.15, -0.1) is 0 Å². The first kappa shape index (κ1) is 53.4. The van der Waals surface area contributed by atoms with Gasteiger partial charge in [0.15, 0.2) is 5.11 Å². The fraction of sp³-hybridized carbons (Fsp3) is 0.489. The van der Waals surface area contributed by atoms with E-state index in [9.17, 15) is 57.8 Å². The number of carboxylic acids is 2. The lowest BCUT2D eigenvalue weighted by Gasteiger charge is -2.33. The van der Waals surface area contributed by atoms with Crippen LogP contribution in [0, 0.1) is 17.2 Å². The Morgan fingerprint density at radius 1 is 0.775 bits per heavy atom. The number of benzene rings is 2. The van der Waals surface area contributed by atoms with E-state index < -0.39 is 67.0 Å². The highest BCUT2D eigenvalue weighted by atomic mass is 32.1. The van der Waals surface area contributed by atoms with E-state index in [0.29, 0.717) is 82.2 Å². The van der Waals surface area contributed by atoms with Gasteiger partial charge in [0.1, 0.15) is 6.04 Å². The van der Waals surface area contributed by atoms with E-state index in [-0.39, 0.29) is 67.6 Å². The maximum Gasteiger partial charge on any atom is 0.317 e. The van der Waals surface area contributed by atoms with Crippen LogP contribution in [0.25, 0.3) is 10.9 Å². The van der Waals surface area contributed by atoms with Crippen LogP contribution in [-0.4, -0.2) is 190 Å². The smallest absolute Gasteiger partial charge is 0.317 e. The maximum atomic E-state index is 13.8. The number of hydrogen-bond donors (Lipinski definition) is 7. The Morgan fingerprint density at radius 3 is 2.03 bits per heavy atom. The molecule has 0 radical (unpaired) electrons. The summed E-state index contributed by atoms with van der Waals surface area (Å²) in [5.74, 6) is -7.82. The van der Waals surface area contributed by atoms with E-state index in [2.05, 4.69) is 36.5 Å². The number of carboxylic acid groups (broad SMARTS) is 2. The van der Waals surface area contributed by atoms with Crippen molar-refractivity contribution in [2.75, 3.05) is 102 Å². The first-order chi connectivity index (χ1) is 34.0. The van der Waals surface area contributed by atoms with Gasteiger partial charge in [0.25, 0.3) is 11.8 Å². The predicted octanol–water partition coefficient (Wildman–Crippen LogP) is 1.37. The molecule has 0 unspecified atom stereocenters. The van der Waals surface area contributed by atoms with Gasteiger partial charge in [-0.1, -0.05) is 24.3 Å². The SMILES string of the molecule is N#C[C@@H]1CC(F)(F)CN1C(=O)CNC(=O)c1ccnc2c(NC(=O)CCC(=O)NCCNC(=O)C3CCN(C(=S)Nc4ccc(CN5CCN(CC(=O)O)CCN(CC(=O)O)CC5)cc4)CC3)cccc12. The molecular weight excluding hydrogens is 947 g/mol. The zero-order valence-corrected chi connectivity index (χ0v) is 39.9. The number of aromatic nitrogens is 1. The van der Waals surface area contributed by atoms with Crippen LogP contribution in [0.15, 0.2) is 54.7 Å². The van der Waals surface area contributed by atoms with Crippen molar-refractivity contribution in [3.8, 4) is 6.07 Å². The van der Waals surface area contributed by atoms with Gasteiger partial charge in [0, 0.05) is 114 Å². The summed E-state index contributed by atoms with van der Waals surface area (Å²) < 4.78 is 27.6. The standard InChI is InChI=1S/C47H58F2N12O9S/c48-47(49)24-34(25-50)61(30-47)40(64)26-54-45(70)36-10-13-52-43-35(36)2-1-3-37(43)56-39(63)9-8-38(62)51-14-15-53-44(69)32-11-16-60(17-12-32)46(71)55-33-6-4-31(5-7-33)27-57-18-20-58(28-41(65)66)22-23-59(21-19-57)29-42(67)68/h1-7,10,13,32,34H,8-9,11-12,14-24,26-30H2,(H,51,62)(H,53,69)(H,54,70)(H,55,71)(H,56,63)(H,65,66)(H,67,68)/t34-/m0/s1. The van der Waals surface area contributed by atoms with Crippen LogP contribution >= 0.6 is 12.2 Å². The molecule has 5 amide bonds. The Bertz CT molecular complexity index is 2460. The summed E-state index contributed by atoms with van der Waals surface area (Å²) in [6.45, 7) is 3.67. The summed E-state index contributed by atoms with van der Waals surface area (Å²) in [4.78, 5) is 99.8. The number of pyridine rings is 1. The van der Waals surface area contributed by atoms with Crippen molar-refractivity contribution >= 4 is 81.1 Å². The number of nitrogens with one attached hydrogen (secondary N) is 5. The molecule has 21 nitrogen and oxygen atoms in total. The number of piperidine rings is 1. The molecule has 4 heterocycles. The number of thiocarbonyl (C=S) groups is 1. The summed E-state index contributed by atoms with van der Waals surface area (Å²) in [5.41, 5.74) is 2.47. The van der Waals surface area contributed by atoms with Gasteiger partial charge in [0.2, 0.25) is 23.6 Å². The monoisotopic (exact) mass is 1000 g/mol. The van der Waals surface area contributed by atoms with Gasteiger partial charge in [-0.25, -0.2) is 8.78 Å². The van der Waals surface area contributed by atoms with E-state index in [1.54, 1.807) is 24.3 Å². The molecule has 0 saturated carbocycles. The molecule has 3 aromatic rings. The number of alkyl halides is 2. The number of carbonyl (C=O) groups is 7. The molecule has 24 heteroatoms. The minimum atomic E-state index is -3.20. The number of hydrogen-bond acceptors (Lipinski definition) is 13. The van der Waals surface area contributed by atoms with E-state index >= 15 is 0 Å². The number of amides is 5. The third kappa shape index (κ3) is 16.0. The number of anilines is 2. The van der Waals surface area contributed by atoms with Crippen LogP contribution in [0.3, 0.4) is 0 Å². The third-order valence-corrected chi connectivity index (χ3v) is 12.8. The molecule has 1 atom stereocenters. The number of nitrogens with zero attached hydrogens (tertiary/aromatic N) is 7. The number of halogens is 2. The summed E-state index contributed by atoms with van der Waals surface area (Å²) in [5, 5.41) is 42.7. The lowest BCUT2D eigenvalue weighted by molar-refractivity contribution is -0.140. The Kier molecular flexibility index (Phi) is 19.0. The molecule has 380 valence electrons. The second kappa shape index (κ2) is 25.3. The van der Waals surface area contributed by atoms with E-state index in [1.165, 1.54) is 12.3 Å². The van der Waals surface area contributed by atoms with Crippen molar-refractivity contribution in [1.29, 1.82) is 5.26 Å². The van der Waals surface area contributed by atoms with Crippen molar-refractivity contribution in [3.63, 3.8) is 0 Å². The molecule has 3 fully saturated rings. The molecule has 1 aromatic heterocycles. The van der Waals surface area contributed by atoms with E-state index in [0.717, 1.165) is 16.2 Å². The van der Waals surface area contributed by atoms with Crippen molar-refractivity contribution in [2.24, 2.45) is 5.92 Å². The Hall–Kier alpha value is -6.94. The van der Waals surface area contributed by atoms with Gasteiger partial charge in [-0.2, -0.15) is 5.26 Å². The van der Waals surface area contributed by atoms with Gasteiger partial charge in [-0.3, -0.25) is 53.2 Å². The van der Waals surface area contributed by atoms with Crippen LogP contribution in [-0.2, 0) is 35.3 Å². The number of aliphatic carboxylic acids is 2. The topological polar surface area (TPSA) is 273 Å².